The van der Waals surface area contributed by atoms with Crippen LogP contribution in [-0.2, 0) is 10.3 Å². The molecule has 0 spiro atoms. The van der Waals surface area contributed by atoms with Crippen molar-refractivity contribution in [3.05, 3.63) is 59.7 Å². The molecular weight excluding hydrogens is 318 g/mol. The van der Waals surface area contributed by atoms with Gasteiger partial charge in [-0.3, -0.25) is 19.6 Å². The predicted octanol–water partition coefficient (Wildman–Crippen LogP) is 1.37. The number of primary amides is 1. The molecule has 24 heavy (non-hydrogen) atoms. The first-order valence-electron chi connectivity index (χ1n) is 7.31. The van der Waals surface area contributed by atoms with E-state index in [9.17, 15) is 18.4 Å². The Balaban J connectivity index is 2.12. The first-order chi connectivity index (χ1) is 11.5. The molecule has 1 atom stereocenters. The second-order valence-electron chi connectivity index (χ2n) is 5.47. The van der Waals surface area contributed by atoms with E-state index in [2.05, 4.69) is 9.97 Å². The Hall–Kier alpha value is -2.90. The molecule has 0 radical (unpaired) electrons. The third kappa shape index (κ3) is 2.31. The van der Waals surface area contributed by atoms with Crippen molar-refractivity contribution in [2.24, 2.45) is 5.73 Å². The van der Waals surface area contributed by atoms with E-state index in [0.29, 0.717) is 6.42 Å². The van der Waals surface area contributed by atoms with Crippen molar-refractivity contribution in [1.82, 2.24) is 14.9 Å². The van der Waals surface area contributed by atoms with Gasteiger partial charge in [-0.15, -0.1) is 0 Å². The summed E-state index contributed by atoms with van der Waals surface area (Å²) in [5.74, 6) is -3.74. The van der Waals surface area contributed by atoms with E-state index in [-0.39, 0.29) is 18.7 Å². The van der Waals surface area contributed by atoms with Crippen molar-refractivity contribution < 1.29 is 18.4 Å². The first-order valence-corrected chi connectivity index (χ1v) is 7.31. The summed E-state index contributed by atoms with van der Waals surface area (Å²) in [5, 5.41) is 0. The quantitative estimate of drug-likeness (QED) is 0.919. The Labute approximate surface area is 136 Å². The molecule has 1 aliphatic rings. The lowest BCUT2D eigenvalue weighted by Gasteiger charge is -2.35. The van der Waals surface area contributed by atoms with Crippen LogP contribution in [0.4, 0.5) is 8.78 Å². The highest BCUT2D eigenvalue weighted by atomic mass is 19.1. The summed E-state index contributed by atoms with van der Waals surface area (Å²) in [7, 11) is 0. The molecule has 1 fully saturated rings. The predicted molar refractivity (Wildman–Crippen MR) is 79.5 cm³/mol. The second-order valence-corrected chi connectivity index (χ2v) is 5.47. The van der Waals surface area contributed by atoms with E-state index in [1.54, 1.807) is 0 Å². The molecule has 124 valence electrons. The number of nitrogens with zero attached hydrogens (tertiary/aromatic N) is 3. The number of benzene rings is 1. The highest BCUT2D eigenvalue weighted by Crippen LogP contribution is 2.39. The zero-order valence-electron chi connectivity index (χ0n) is 12.6. The average molecular weight is 332 g/mol. The van der Waals surface area contributed by atoms with E-state index >= 15 is 0 Å². The molecule has 1 aliphatic heterocycles. The molecule has 0 unspecified atom stereocenters. The third-order valence-electron chi connectivity index (χ3n) is 4.20. The zero-order valence-corrected chi connectivity index (χ0v) is 12.6. The largest absolute Gasteiger partial charge is 0.367 e. The summed E-state index contributed by atoms with van der Waals surface area (Å²) < 4.78 is 28.0. The van der Waals surface area contributed by atoms with Gasteiger partial charge in [-0.2, -0.15) is 0 Å². The van der Waals surface area contributed by atoms with Crippen molar-refractivity contribution in [3.63, 3.8) is 0 Å². The minimum atomic E-state index is -1.57. The smallest absolute Gasteiger partial charge is 0.261 e. The lowest BCUT2D eigenvalue weighted by molar-refractivity contribution is -0.128. The van der Waals surface area contributed by atoms with Gasteiger partial charge in [0.25, 0.3) is 5.91 Å². The van der Waals surface area contributed by atoms with Crippen LogP contribution in [0, 0.1) is 11.6 Å². The van der Waals surface area contributed by atoms with Gasteiger partial charge in [0.15, 0.2) is 5.54 Å². The van der Waals surface area contributed by atoms with Gasteiger partial charge in [0, 0.05) is 18.9 Å². The van der Waals surface area contributed by atoms with Gasteiger partial charge in [-0.05, 0) is 25.0 Å². The Bertz CT molecular complexity index is 780. The summed E-state index contributed by atoms with van der Waals surface area (Å²) in [5.41, 5.74) is 3.46. The summed E-state index contributed by atoms with van der Waals surface area (Å²) in [6.07, 6.45) is 4.76. The fourth-order valence-corrected chi connectivity index (χ4v) is 3.09. The van der Waals surface area contributed by atoms with Gasteiger partial charge in [0.1, 0.15) is 17.2 Å². The number of carbonyl (C=O) groups is 2. The zero-order chi connectivity index (χ0) is 17.3. The van der Waals surface area contributed by atoms with E-state index in [4.69, 9.17) is 5.73 Å². The Morgan fingerprint density at radius 2 is 1.92 bits per heavy atom. The van der Waals surface area contributed by atoms with E-state index in [0.717, 1.165) is 23.1 Å². The minimum Gasteiger partial charge on any atom is -0.367 e. The molecule has 0 bridgehead atoms. The molecule has 2 amide bonds. The van der Waals surface area contributed by atoms with Gasteiger partial charge in [-0.25, -0.2) is 8.78 Å². The van der Waals surface area contributed by atoms with Crippen LogP contribution in [0.1, 0.15) is 28.9 Å². The number of nitrogens with two attached hydrogens (primary N) is 1. The van der Waals surface area contributed by atoms with Crippen LogP contribution < -0.4 is 5.73 Å². The van der Waals surface area contributed by atoms with Crippen LogP contribution in [0.5, 0.6) is 0 Å². The molecule has 1 aromatic carbocycles. The molecule has 8 heteroatoms. The average Bonchev–Trinajstić information content (AvgIpc) is 3.01. The molecule has 3 rings (SSSR count). The maximum absolute atomic E-state index is 14.0. The van der Waals surface area contributed by atoms with E-state index in [1.807, 2.05) is 0 Å². The number of likely N-dealkylation sites (tertiary alicyclic amines) is 1. The van der Waals surface area contributed by atoms with Gasteiger partial charge in [-0.1, -0.05) is 6.07 Å². The first kappa shape index (κ1) is 16.0. The molecule has 0 aliphatic carbocycles. The van der Waals surface area contributed by atoms with Crippen molar-refractivity contribution in [1.29, 1.82) is 0 Å². The van der Waals surface area contributed by atoms with Crippen LogP contribution in [0.3, 0.4) is 0 Å². The number of carbonyl (C=O) groups excluding carboxylic acids is 2. The van der Waals surface area contributed by atoms with Gasteiger partial charge < -0.3 is 10.6 Å². The molecular formula is C16H14F2N4O2. The number of rotatable bonds is 3. The van der Waals surface area contributed by atoms with Crippen LogP contribution in [0.25, 0.3) is 0 Å². The number of aromatic nitrogens is 2. The summed E-state index contributed by atoms with van der Waals surface area (Å²) in [6, 6.07) is 3.14. The van der Waals surface area contributed by atoms with Crippen LogP contribution >= 0.6 is 0 Å². The fraction of sp³-hybridized carbons (Fsp3) is 0.250. The normalized spacial score (nSPS) is 20.2. The summed E-state index contributed by atoms with van der Waals surface area (Å²) >= 11 is 0. The number of halogens is 2. The molecule has 6 nitrogen and oxygen atoms in total. The molecule has 2 N–H and O–H groups in total. The Morgan fingerprint density at radius 3 is 2.50 bits per heavy atom. The maximum atomic E-state index is 14.0. The fourth-order valence-electron chi connectivity index (χ4n) is 3.09. The van der Waals surface area contributed by atoms with Crippen LogP contribution in [0.2, 0.25) is 0 Å². The highest BCUT2D eigenvalue weighted by Gasteiger charge is 2.52. The highest BCUT2D eigenvalue weighted by molar-refractivity contribution is 6.00. The lowest BCUT2D eigenvalue weighted by atomic mass is 9.90. The monoisotopic (exact) mass is 332 g/mol. The molecule has 2 heterocycles. The lowest BCUT2D eigenvalue weighted by Crippen LogP contribution is -2.54. The number of amides is 2. The van der Waals surface area contributed by atoms with Crippen molar-refractivity contribution in [2.45, 2.75) is 18.4 Å². The molecule has 0 saturated carbocycles. The molecule has 1 saturated heterocycles. The molecule has 2 aromatic rings. The Morgan fingerprint density at radius 1 is 1.21 bits per heavy atom. The van der Waals surface area contributed by atoms with Crippen molar-refractivity contribution in [2.75, 3.05) is 6.54 Å². The van der Waals surface area contributed by atoms with Crippen LogP contribution in [0.15, 0.2) is 36.8 Å². The maximum Gasteiger partial charge on any atom is 0.261 e. The van der Waals surface area contributed by atoms with Crippen molar-refractivity contribution in [3.8, 4) is 0 Å². The third-order valence-corrected chi connectivity index (χ3v) is 4.20. The molecule has 1 aromatic heterocycles. The number of hydrogen-bond donors (Lipinski definition) is 1. The van der Waals surface area contributed by atoms with E-state index < -0.39 is 34.6 Å². The number of hydrogen-bond acceptors (Lipinski definition) is 4. The minimum absolute atomic E-state index is 0.131. The summed E-state index contributed by atoms with van der Waals surface area (Å²) in [6.45, 7) is 0.131. The van der Waals surface area contributed by atoms with E-state index in [1.165, 1.54) is 18.6 Å². The van der Waals surface area contributed by atoms with Crippen molar-refractivity contribution >= 4 is 11.8 Å². The Kier molecular flexibility index (Phi) is 3.96. The van der Waals surface area contributed by atoms with Gasteiger partial charge >= 0.3 is 0 Å². The van der Waals surface area contributed by atoms with Gasteiger partial charge in [0.05, 0.1) is 11.9 Å². The SMILES string of the molecule is NC(=O)[C@@]1(c2cnccn2)CCCN1C(=O)c1c(F)cccc1F. The standard InChI is InChI=1S/C16H14F2N4O2/c17-10-3-1-4-11(18)13(10)14(23)22-8-2-5-16(22,15(19)24)12-9-20-6-7-21-12/h1,3-4,6-7,9H,2,5,8H2,(H2,19,24)/t16-/m0/s1. The van der Waals surface area contributed by atoms with Crippen LogP contribution in [-0.4, -0.2) is 33.2 Å². The summed E-state index contributed by atoms with van der Waals surface area (Å²) in [4.78, 5) is 34.1. The van der Waals surface area contributed by atoms with Gasteiger partial charge in [0.2, 0.25) is 5.91 Å². The second kappa shape index (κ2) is 5.95. The topological polar surface area (TPSA) is 89.2 Å².